The summed E-state index contributed by atoms with van der Waals surface area (Å²) in [5.41, 5.74) is 6.57. The van der Waals surface area contributed by atoms with Gasteiger partial charge in [-0.15, -0.1) is 10.2 Å². The summed E-state index contributed by atoms with van der Waals surface area (Å²) in [6.45, 7) is 4.57. The summed E-state index contributed by atoms with van der Waals surface area (Å²) in [5, 5.41) is 15.1. The van der Waals surface area contributed by atoms with Crippen LogP contribution in [0, 0.1) is 6.92 Å². The Morgan fingerprint density at radius 2 is 2.19 bits per heavy atom. The average molecular weight is 219 g/mol. The zero-order valence-corrected chi connectivity index (χ0v) is 9.18. The van der Waals surface area contributed by atoms with E-state index in [1.807, 2.05) is 19.9 Å². The van der Waals surface area contributed by atoms with Crippen molar-refractivity contribution >= 4 is 11.9 Å². The molecule has 0 radical (unpaired) electrons. The first-order valence-corrected chi connectivity index (χ1v) is 4.98. The Balaban J connectivity index is 2.36. The maximum Gasteiger partial charge on any atom is 0.244 e. The van der Waals surface area contributed by atoms with Gasteiger partial charge in [-0.2, -0.15) is 14.8 Å². The molecule has 0 unspecified atom stereocenters. The highest BCUT2D eigenvalue weighted by molar-refractivity contribution is 5.37. The molecule has 2 aromatic rings. The predicted octanol–water partition coefficient (Wildman–Crippen LogP) is 0.380. The number of nitrogens with zero attached hydrogens (tertiary/aromatic N) is 5. The van der Waals surface area contributed by atoms with Crippen LogP contribution in [0.25, 0.3) is 5.82 Å². The highest BCUT2D eigenvalue weighted by atomic mass is 15.4. The van der Waals surface area contributed by atoms with E-state index in [0.29, 0.717) is 11.8 Å². The van der Waals surface area contributed by atoms with Crippen LogP contribution in [-0.4, -0.2) is 31.5 Å². The van der Waals surface area contributed by atoms with Crippen LogP contribution in [0.5, 0.6) is 0 Å². The van der Waals surface area contributed by atoms with Crippen molar-refractivity contribution in [2.24, 2.45) is 0 Å². The monoisotopic (exact) mass is 219 g/mol. The Bertz CT molecular complexity index is 473. The number of nitrogen functional groups attached to an aromatic ring is 1. The topological polar surface area (TPSA) is 94.5 Å². The lowest BCUT2D eigenvalue weighted by Crippen LogP contribution is -2.06. The van der Waals surface area contributed by atoms with Gasteiger partial charge in [-0.1, -0.05) is 0 Å². The lowest BCUT2D eigenvalue weighted by molar-refractivity contribution is 0.814. The second-order valence-corrected chi connectivity index (χ2v) is 3.27. The fourth-order valence-electron chi connectivity index (χ4n) is 1.23. The molecule has 2 heterocycles. The van der Waals surface area contributed by atoms with Crippen molar-refractivity contribution < 1.29 is 0 Å². The van der Waals surface area contributed by atoms with E-state index < -0.39 is 0 Å². The van der Waals surface area contributed by atoms with Crippen molar-refractivity contribution in [3.05, 3.63) is 17.8 Å². The zero-order valence-electron chi connectivity index (χ0n) is 9.18. The summed E-state index contributed by atoms with van der Waals surface area (Å²) in [5.74, 6) is 1.33. The number of aryl methyl sites for hydroxylation is 1. The first kappa shape index (κ1) is 10.3. The number of rotatable bonds is 3. The van der Waals surface area contributed by atoms with Gasteiger partial charge in [0, 0.05) is 6.54 Å². The second-order valence-electron chi connectivity index (χ2n) is 3.27. The highest BCUT2D eigenvalue weighted by Crippen LogP contribution is 2.10. The Morgan fingerprint density at radius 3 is 2.81 bits per heavy atom. The minimum absolute atomic E-state index is 0.286. The van der Waals surface area contributed by atoms with Crippen molar-refractivity contribution in [1.29, 1.82) is 0 Å². The van der Waals surface area contributed by atoms with Crippen LogP contribution in [-0.2, 0) is 0 Å². The molecule has 0 fully saturated rings. The molecule has 7 nitrogen and oxygen atoms in total. The van der Waals surface area contributed by atoms with Crippen LogP contribution in [0.1, 0.15) is 12.6 Å². The molecule has 2 rings (SSSR count). The van der Waals surface area contributed by atoms with E-state index in [1.54, 1.807) is 6.07 Å². The Kier molecular flexibility index (Phi) is 2.67. The maximum atomic E-state index is 5.72. The first-order valence-electron chi connectivity index (χ1n) is 4.98. The molecule has 0 aliphatic carbocycles. The molecule has 0 saturated carbocycles. The third-order valence-electron chi connectivity index (χ3n) is 1.97. The summed E-state index contributed by atoms with van der Waals surface area (Å²) >= 11 is 0. The van der Waals surface area contributed by atoms with Gasteiger partial charge < -0.3 is 11.1 Å². The standard InChI is InChI=1S/C9H13N7/c1-3-11-9-12-8(10)16(15-9)7-5-4-6(2)13-14-7/h4-5H,3H2,1-2H3,(H3,10,11,12,15). The van der Waals surface area contributed by atoms with Gasteiger partial charge in [0.05, 0.1) is 5.69 Å². The molecule has 16 heavy (non-hydrogen) atoms. The summed E-state index contributed by atoms with van der Waals surface area (Å²) in [7, 11) is 0. The van der Waals surface area contributed by atoms with E-state index in [-0.39, 0.29) is 5.95 Å². The van der Waals surface area contributed by atoms with Crippen LogP contribution in [0.3, 0.4) is 0 Å². The minimum atomic E-state index is 0.286. The van der Waals surface area contributed by atoms with Crippen LogP contribution >= 0.6 is 0 Å². The number of nitrogens with two attached hydrogens (primary N) is 1. The molecule has 0 aliphatic rings. The molecular formula is C9H13N7. The van der Waals surface area contributed by atoms with Gasteiger partial charge in [-0.05, 0) is 26.0 Å². The van der Waals surface area contributed by atoms with Crippen LogP contribution < -0.4 is 11.1 Å². The van der Waals surface area contributed by atoms with Gasteiger partial charge in [0.1, 0.15) is 0 Å². The minimum Gasteiger partial charge on any atom is -0.368 e. The quantitative estimate of drug-likeness (QED) is 0.775. The molecule has 0 aliphatic heterocycles. The molecule has 0 amide bonds. The Labute approximate surface area is 92.7 Å². The normalized spacial score (nSPS) is 10.4. The predicted molar refractivity (Wildman–Crippen MR) is 60.3 cm³/mol. The van der Waals surface area contributed by atoms with E-state index in [0.717, 1.165) is 12.2 Å². The third kappa shape index (κ3) is 1.92. The number of hydrogen-bond donors (Lipinski definition) is 2. The lowest BCUT2D eigenvalue weighted by Gasteiger charge is -1.99. The molecular weight excluding hydrogens is 206 g/mol. The van der Waals surface area contributed by atoms with Crippen molar-refractivity contribution in [3.8, 4) is 5.82 Å². The fraction of sp³-hybridized carbons (Fsp3) is 0.333. The number of nitrogens with one attached hydrogen (secondary N) is 1. The molecule has 2 aromatic heterocycles. The Hall–Kier alpha value is -2.18. The van der Waals surface area contributed by atoms with E-state index in [2.05, 4.69) is 25.6 Å². The van der Waals surface area contributed by atoms with Crippen LogP contribution in [0.4, 0.5) is 11.9 Å². The van der Waals surface area contributed by atoms with Gasteiger partial charge in [-0.25, -0.2) is 0 Å². The number of anilines is 2. The summed E-state index contributed by atoms with van der Waals surface area (Å²) < 4.78 is 1.45. The lowest BCUT2D eigenvalue weighted by atomic mass is 10.4. The molecule has 0 atom stereocenters. The highest BCUT2D eigenvalue weighted by Gasteiger charge is 2.08. The third-order valence-corrected chi connectivity index (χ3v) is 1.97. The molecule has 0 aromatic carbocycles. The molecule has 3 N–H and O–H groups in total. The summed E-state index contributed by atoms with van der Waals surface area (Å²) in [6.07, 6.45) is 0. The Morgan fingerprint density at radius 1 is 1.38 bits per heavy atom. The van der Waals surface area contributed by atoms with Crippen molar-refractivity contribution in [2.45, 2.75) is 13.8 Å². The van der Waals surface area contributed by atoms with Crippen molar-refractivity contribution in [3.63, 3.8) is 0 Å². The van der Waals surface area contributed by atoms with Gasteiger partial charge >= 0.3 is 0 Å². The molecule has 0 bridgehead atoms. The van der Waals surface area contributed by atoms with E-state index >= 15 is 0 Å². The van der Waals surface area contributed by atoms with Gasteiger partial charge in [0.25, 0.3) is 0 Å². The van der Waals surface area contributed by atoms with Gasteiger partial charge in [0.15, 0.2) is 5.82 Å². The van der Waals surface area contributed by atoms with Crippen molar-refractivity contribution in [2.75, 3.05) is 17.6 Å². The van der Waals surface area contributed by atoms with Gasteiger partial charge in [-0.3, -0.25) is 0 Å². The second kappa shape index (κ2) is 4.13. The van der Waals surface area contributed by atoms with Crippen LogP contribution in [0.2, 0.25) is 0 Å². The molecule has 84 valence electrons. The smallest absolute Gasteiger partial charge is 0.244 e. The van der Waals surface area contributed by atoms with Crippen molar-refractivity contribution in [1.82, 2.24) is 25.0 Å². The van der Waals surface area contributed by atoms with Gasteiger partial charge in [0.2, 0.25) is 11.9 Å². The van der Waals surface area contributed by atoms with E-state index in [4.69, 9.17) is 5.73 Å². The van der Waals surface area contributed by atoms with E-state index in [9.17, 15) is 0 Å². The SMILES string of the molecule is CCNc1nc(N)n(-c2ccc(C)nn2)n1. The summed E-state index contributed by atoms with van der Waals surface area (Å²) in [4.78, 5) is 4.05. The molecule has 7 heteroatoms. The van der Waals surface area contributed by atoms with E-state index in [1.165, 1.54) is 4.68 Å². The maximum absolute atomic E-state index is 5.72. The molecule has 0 saturated heterocycles. The largest absolute Gasteiger partial charge is 0.368 e. The zero-order chi connectivity index (χ0) is 11.5. The number of aromatic nitrogens is 5. The van der Waals surface area contributed by atoms with Crippen LogP contribution in [0.15, 0.2) is 12.1 Å². The summed E-state index contributed by atoms with van der Waals surface area (Å²) in [6, 6.07) is 3.64. The first-order chi connectivity index (χ1) is 7.70. The molecule has 0 spiro atoms. The number of hydrogen-bond acceptors (Lipinski definition) is 6. The average Bonchev–Trinajstić information content (AvgIpc) is 2.61. The fourth-order valence-corrected chi connectivity index (χ4v) is 1.23.